The third-order valence-electron chi connectivity index (χ3n) is 4.61. The molecule has 1 aromatic rings. The molecule has 0 N–H and O–H groups in total. The van der Waals surface area contributed by atoms with Crippen LogP contribution in [-0.2, 0) is 11.2 Å². The number of aliphatic imine (C=N–C) groups is 1. The number of nitrogens with zero attached hydrogens (tertiary/aromatic N) is 2. The number of Topliss-reactive ketones (excluding diaryl/α,β-unsaturated/α-hetero) is 1. The minimum absolute atomic E-state index is 0.132. The van der Waals surface area contributed by atoms with E-state index in [0.717, 1.165) is 30.7 Å². The van der Waals surface area contributed by atoms with Gasteiger partial charge in [0.15, 0.2) is 5.78 Å². The van der Waals surface area contributed by atoms with Crippen LogP contribution in [0.1, 0.15) is 36.8 Å². The molecule has 1 unspecified atom stereocenters. The fourth-order valence-electron chi connectivity index (χ4n) is 3.60. The van der Waals surface area contributed by atoms with E-state index in [0.29, 0.717) is 12.2 Å². The van der Waals surface area contributed by atoms with E-state index >= 15 is 0 Å². The van der Waals surface area contributed by atoms with E-state index in [4.69, 9.17) is 0 Å². The largest absolute Gasteiger partial charge is 0.361 e. The van der Waals surface area contributed by atoms with E-state index in [1.165, 1.54) is 24.1 Å². The number of ketones is 1. The first-order chi connectivity index (χ1) is 9.83. The van der Waals surface area contributed by atoms with Crippen LogP contribution in [0, 0.1) is 0 Å². The van der Waals surface area contributed by atoms with E-state index < -0.39 is 0 Å². The summed E-state index contributed by atoms with van der Waals surface area (Å²) in [6.07, 6.45) is 8.83. The number of rotatable bonds is 1. The van der Waals surface area contributed by atoms with Crippen LogP contribution in [0.4, 0.5) is 5.69 Å². The fraction of sp³-hybridized carbons (Fsp3) is 0.412. The molecule has 1 fully saturated rings. The Balaban J connectivity index is 1.73. The molecule has 0 radical (unpaired) electrons. The molecular formula is C17H18N2O. The number of hydrogen-bond acceptors (Lipinski definition) is 3. The third-order valence-corrected chi connectivity index (χ3v) is 4.61. The molecule has 3 heteroatoms. The number of anilines is 1. The first-order valence-corrected chi connectivity index (χ1v) is 7.47. The molecule has 1 aromatic carbocycles. The second-order valence-corrected chi connectivity index (χ2v) is 5.86. The van der Waals surface area contributed by atoms with Crippen molar-refractivity contribution in [1.29, 1.82) is 0 Å². The summed E-state index contributed by atoms with van der Waals surface area (Å²) in [5.41, 5.74) is 4.72. The average Bonchev–Trinajstić information content (AvgIpc) is 3.01. The summed E-state index contributed by atoms with van der Waals surface area (Å²) in [7, 11) is 0. The first kappa shape index (κ1) is 11.9. The van der Waals surface area contributed by atoms with Crippen LogP contribution in [0.25, 0.3) is 0 Å². The average molecular weight is 266 g/mol. The van der Waals surface area contributed by atoms with Gasteiger partial charge in [0.1, 0.15) is 0 Å². The Hall–Kier alpha value is -1.90. The molecule has 0 aromatic heterocycles. The highest BCUT2D eigenvalue weighted by atomic mass is 16.1. The SMILES string of the molecule is O=C1Cc2cc(C3=NC=CC3)ccc2N2CCCCC12. The summed E-state index contributed by atoms with van der Waals surface area (Å²) in [6, 6.07) is 6.65. The number of carbonyl (C=O) groups excluding carboxylic acids is 1. The van der Waals surface area contributed by atoms with Crippen LogP contribution in [-0.4, -0.2) is 24.1 Å². The highest BCUT2D eigenvalue weighted by molar-refractivity contribution is 6.04. The van der Waals surface area contributed by atoms with Gasteiger partial charge in [0, 0.05) is 31.3 Å². The lowest BCUT2D eigenvalue weighted by Gasteiger charge is -2.41. The predicted molar refractivity (Wildman–Crippen MR) is 80.4 cm³/mol. The number of fused-ring (bicyclic) bond motifs is 3. The molecule has 3 nitrogen and oxygen atoms in total. The molecule has 1 saturated heterocycles. The van der Waals surface area contributed by atoms with Gasteiger partial charge in [0.25, 0.3) is 0 Å². The summed E-state index contributed by atoms with van der Waals surface area (Å²) in [6.45, 7) is 1.02. The molecule has 3 aliphatic heterocycles. The topological polar surface area (TPSA) is 32.7 Å². The van der Waals surface area contributed by atoms with Gasteiger partial charge in [-0.25, -0.2) is 0 Å². The van der Waals surface area contributed by atoms with Gasteiger partial charge in [-0.05, 0) is 42.5 Å². The lowest BCUT2D eigenvalue weighted by Crippen LogP contribution is -2.48. The summed E-state index contributed by atoms with van der Waals surface area (Å²) in [4.78, 5) is 19.1. The molecule has 0 bridgehead atoms. The van der Waals surface area contributed by atoms with Gasteiger partial charge < -0.3 is 4.90 Å². The van der Waals surface area contributed by atoms with Crippen molar-refractivity contribution in [3.05, 3.63) is 41.6 Å². The monoisotopic (exact) mass is 266 g/mol. The maximum atomic E-state index is 12.3. The summed E-state index contributed by atoms with van der Waals surface area (Å²) in [5, 5.41) is 0. The molecule has 0 amide bonds. The second kappa shape index (κ2) is 4.58. The molecule has 0 spiro atoms. The normalized spacial score (nSPS) is 24.4. The predicted octanol–water partition coefficient (Wildman–Crippen LogP) is 2.88. The third kappa shape index (κ3) is 1.80. The van der Waals surface area contributed by atoms with Crippen LogP contribution in [0.3, 0.4) is 0 Å². The second-order valence-electron chi connectivity index (χ2n) is 5.86. The fourth-order valence-corrected chi connectivity index (χ4v) is 3.60. The van der Waals surface area contributed by atoms with Gasteiger partial charge in [-0.15, -0.1) is 0 Å². The zero-order valence-corrected chi connectivity index (χ0v) is 11.5. The number of carbonyl (C=O) groups is 1. The molecular weight excluding hydrogens is 248 g/mol. The first-order valence-electron chi connectivity index (χ1n) is 7.47. The van der Waals surface area contributed by atoms with Crippen LogP contribution in [0.2, 0.25) is 0 Å². The standard InChI is InChI=1S/C17H18N2O/c20-17-11-13-10-12(14-4-3-8-18-14)6-7-15(13)19-9-2-1-5-16(17)19/h3,6-8,10,16H,1-2,4-5,9,11H2. The Morgan fingerprint density at radius 2 is 2.20 bits per heavy atom. The maximum Gasteiger partial charge on any atom is 0.159 e. The van der Waals surface area contributed by atoms with Crippen molar-refractivity contribution < 1.29 is 4.79 Å². The smallest absolute Gasteiger partial charge is 0.159 e. The van der Waals surface area contributed by atoms with Gasteiger partial charge in [-0.2, -0.15) is 0 Å². The zero-order chi connectivity index (χ0) is 13.5. The lowest BCUT2D eigenvalue weighted by molar-refractivity contribution is -0.120. The van der Waals surface area contributed by atoms with E-state index in [1.807, 2.05) is 6.20 Å². The zero-order valence-electron chi connectivity index (χ0n) is 11.5. The number of benzene rings is 1. The van der Waals surface area contributed by atoms with Gasteiger partial charge >= 0.3 is 0 Å². The van der Waals surface area contributed by atoms with Crippen molar-refractivity contribution in [1.82, 2.24) is 0 Å². The maximum absolute atomic E-state index is 12.3. The summed E-state index contributed by atoms with van der Waals surface area (Å²) in [5.74, 6) is 0.390. The quantitative estimate of drug-likeness (QED) is 0.783. The van der Waals surface area contributed by atoms with E-state index in [-0.39, 0.29) is 6.04 Å². The van der Waals surface area contributed by atoms with Crippen molar-refractivity contribution in [2.24, 2.45) is 4.99 Å². The van der Waals surface area contributed by atoms with Crippen molar-refractivity contribution in [2.45, 2.75) is 38.1 Å². The van der Waals surface area contributed by atoms with Gasteiger partial charge in [-0.3, -0.25) is 9.79 Å². The van der Waals surface area contributed by atoms with E-state index in [2.05, 4.69) is 34.2 Å². The Labute approximate surface area is 119 Å². The highest BCUT2D eigenvalue weighted by Gasteiger charge is 2.34. The Morgan fingerprint density at radius 3 is 3.05 bits per heavy atom. The van der Waals surface area contributed by atoms with Crippen LogP contribution in [0.5, 0.6) is 0 Å². The summed E-state index contributed by atoms with van der Waals surface area (Å²) >= 11 is 0. The Kier molecular flexibility index (Phi) is 2.72. The minimum Gasteiger partial charge on any atom is -0.361 e. The highest BCUT2D eigenvalue weighted by Crippen LogP contribution is 2.34. The molecule has 20 heavy (non-hydrogen) atoms. The van der Waals surface area contributed by atoms with Gasteiger partial charge in [0.2, 0.25) is 0 Å². The van der Waals surface area contributed by atoms with E-state index in [1.54, 1.807) is 0 Å². The molecule has 4 rings (SSSR count). The molecule has 3 aliphatic rings. The van der Waals surface area contributed by atoms with E-state index in [9.17, 15) is 4.79 Å². The summed E-state index contributed by atoms with van der Waals surface area (Å²) < 4.78 is 0. The minimum atomic E-state index is 0.132. The van der Waals surface area contributed by atoms with Crippen molar-refractivity contribution in [3.63, 3.8) is 0 Å². The molecule has 3 heterocycles. The Morgan fingerprint density at radius 1 is 1.25 bits per heavy atom. The van der Waals surface area contributed by atoms with Crippen molar-refractivity contribution in [2.75, 3.05) is 11.4 Å². The van der Waals surface area contributed by atoms with Crippen LogP contribution in [0.15, 0.2) is 35.5 Å². The van der Waals surface area contributed by atoms with Crippen molar-refractivity contribution >= 4 is 17.2 Å². The number of allylic oxidation sites excluding steroid dienone is 1. The van der Waals surface area contributed by atoms with Crippen molar-refractivity contribution in [3.8, 4) is 0 Å². The molecule has 0 aliphatic carbocycles. The Bertz CT molecular complexity index is 630. The van der Waals surface area contributed by atoms with Gasteiger partial charge in [0.05, 0.1) is 11.8 Å². The van der Waals surface area contributed by atoms with Crippen LogP contribution >= 0.6 is 0 Å². The molecule has 0 saturated carbocycles. The number of piperidine rings is 1. The lowest BCUT2D eigenvalue weighted by atomic mass is 9.87. The molecule has 1 atom stereocenters. The van der Waals surface area contributed by atoms with Crippen LogP contribution < -0.4 is 4.90 Å². The number of hydrogen-bond donors (Lipinski definition) is 0. The molecule has 102 valence electrons. The van der Waals surface area contributed by atoms with Gasteiger partial charge in [-0.1, -0.05) is 12.1 Å².